The van der Waals surface area contributed by atoms with Crippen LogP contribution in [0.15, 0.2) is 53.1 Å². The Kier molecular flexibility index (Phi) is 7.40. The zero-order valence-corrected chi connectivity index (χ0v) is 17.9. The van der Waals surface area contributed by atoms with Crippen molar-refractivity contribution < 1.29 is 27.2 Å². The largest absolute Gasteiger partial charge is 0.573 e. The molecule has 1 saturated carbocycles. The van der Waals surface area contributed by atoms with Crippen LogP contribution >= 0.6 is 11.6 Å². The third-order valence-corrected chi connectivity index (χ3v) is 5.24. The second-order valence-corrected chi connectivity index (χ2v) is 7.78. The van der Waals surface area contributed by atoms with Gasteiger partial charge in [0.05, 0.1) is 0 Å². The quantitative estimate of drug-likeness (QED) is 0.480. The van der Waals surface area contributed by atoms with Crippen LogP contribution in [0.2, 0.25) is 5.02 Å². The van der Waals surface area contributed by atoms with Gasteiger partial charge < -0.3 is 14.6 Å². The number of halogens is 4. The van der Waals surface area contributed by atoms with Crippen molar-refractivity contribution in [3.8, 4) is 17.1 Å². The molecule has 0 saturated heterocycles. The number of ether oxygens (including phenoxy) is 1. The van der Waals surface area contributed by atoms with E-state index >= 15 is 0 Å². The van der Waals surface area contributed by atoms with Crippen LogP contribution in [0.1, 0.15) is 37.1 Å². The Morgan fingerprint density at radius 3 is 2.25 bits per heavy atom. The Morgan fingerprint density at radius 2 is 1.72 bits per heavy atom. The van der Waals surface area contributed by atoms with Gasteiger partial charge in [-0.2, -0.15) is 4.98 Å². The molecule has 1 aliphatic rings. The molecule has 6 nitrogen and oxygen atoms in total. The van der Waals surface area contributed by atoms with E-state index < -0.39 is 11.9 Å². The van der Waals surface area contributed by atoms with Gasteiger partial charge in [0.15, 0.2) is 0 Å². The predicted octanol–water partition coefficient (Wildman–Crippen LogP) is 5.80. The number of rotatable bonds is 5. The molecule has 32 heavy (non-hydrogen) atoms. The van der Waals surface area contributed by atoms with Crippen molar-refractivity contribution in [2.24, 2.45) is 0 Å². The van der Waals surface area contributed by atoms with E-state index in [1.54, 1.807) is 0 Å². The van der Waals surface area contributed by atoms with E-state index in [0.29, 0.717) is 30.7 Å². The number of carbonyl (C=O) groups excluding carboxylic acids is 1. The minimum atomic E-state index is -4.74. The topological polar surface area (TPSA) is 77.2 Å². The lowest BCUT2D eigenvalue weighted by atomic mass is 9.98. The Hall–Kier alpha value is -3.07. The average Bonchev–Trinajstić information content (AvgIpc) is 3.41. The normalized spacial score (nSPS) is 14.9. The molecule has 1 amide bonds. The number of alkyl halides is 3. The monoisotopic (exact) mass is 467 g/mol. The molecule has 0 aliphatic heterocycles. The van der Waals surface area contributed by atoms with Crippen LogP contribution in [-0.4, -0.2) is 22.9 Å². The van der Waals surface area contributed by atoms with Crippen molar-refractivity contribution in [1.29, 1.82) is 0 Å². The summed E-state index contributed by atoms with van der Waals surface area (Å²) in [5.74, 6) is 0.213. The highest BCUT2D eigenvalue weighted by Crippen LogP contribution is 2.38. The number of hydrogen-bond acceptors (Lipinski definition) is 5. The van der Waals surface area contributed by atoms with Crippen molar-refractivity contribution in [1.82, 2.24) is 15.5 Å². The number of aromatic nitrogens is 2. The number of aryl methyl sites for hydroxylation is 1. The fourth-order valence-electron chi connectivity index (χ4n) is 3.39. The van der Waals surface area contributed by atoms with E-state index in [1.165, 1.54) is 29.8 Å². The summed E-state index contributed by atoms with van der Waals surface area (Å²) in [6.07, 6.45) is -0.865. The maximum absolute atomic E-state index is 12.2. The maximum atomic E-state index is 12.2. The van der Waals surface area contributed by atoms with E-state index in [2.05, 4.69) is 20.2 Å². The Labute approximate surface area is 187 Å². The molecule has 1 fully saturated rings. The summed E-state index contributed by atoms with van der Waals surface area (Å²) in [6, 6.07) is 12.9. The van der Waals surface area contributed by atoms with Gasteiger partial charge in [0.1, 0.15) is 11.3 Å². The van der Waals surface area contributed by atoms with Gasteiger partial charge in [0, 0.05) is 10.6 Å². The minimum Gasteiger partial charge on any atom is -0.406 e. The Bertz CT molecular complexity index is 994. The number of nitrogens with one attached hydrogen (secondary N) is 1. The number of nitrogens with zero attached hydrogens (tertiary/aromatic N) is 2. The molecule has 0 atom stereocenters. The zero-order valence-electron chi connectivity index (χ0n) is 17.2. The highest BCUT2D eigenvalue weighted by atomic mass is 35.5. The molecule has 170 valence electrons. The van der Waals surface area contributed by atoms with Crippen molar-refractivity contribution in [2.75, 3.05) is 0 Å². The number of hydrogen-bond donors (Lipinski definition) is 1. The zero-order chi connectivity index (χ0) is 23.2. The standard InChI is InChI=1S/C15H14F3N3O3.C7H7Cl/c16-15(17,18)23-11-5-3-10(4-6-11)12-20-13(24-21-12)14(19-9-22)7-1-2-8-14;1-6-2-4-7(8)5-3-6/h3-6,9H,1-2,7-8H2,(H,19,22);2-5H,1H3. The molecular weight excluding hydrogens is 447 g/mol. The molecule has 1 N–H and O–H groups in total. The van der Waals surface area contributed by atoms with E-state index in [0.717, 1.165) is 17.9 Å². The van der Waals surface area contributed by atoms with Crippen LogP contribution < -0.4 is 10.1 Å². The van der Waals surface area contributed by atoms with Gasteiger partial charge >= 0.3 is 6.36 Å². The molecule has 0 spiro atoms. The fraction of sp³-hybridized carbons (Fsp3) is 0.318. The van der Waals surface area contributed by atoms with Gasteiger partial charge in [-0.1, -0.05) is 47.3 Å². The minimum absolute atomic E-state index is 0.238. The summed E-state index contributed by atoms with van der Waals surface area (Å²) in [5.41, 5.74) is 1.07. The summed E-state index contributed by atoms with van der Waals surface area (Å²) >= 11 is 5.61. The second kappa shape index (κ2) is 10.0. The first-order valence-electron chi connectivity index (χ1n) is 9.85. The molecule has 1 heterocycles. The van der Waals surface area contributed by atoms with E-state index in [1.807, 2.05) is 31.2 Å². The molecule has 0 bridgehead atoms. The summed E-state index contributed by atoms with van der Waals surface area (Å²) in [5, 5.41) is 7.41. The van der Waals surface area contributed by atoms with Gasteiger partial charge in [0.25, 0.3) is 5.89 Å². The van der Waals surface area contributed by atoms with Crippen LogP contribution in [-0.2, 0) is 10.3 Å². The summed E-state index contributed by atoms with van der Waals surface area (Å²) in [6.45, 7) is 2.04. The Morgan fingerprint density at radius 1 is 1.09 bits per heavy atom. The summed E-state index contributed by atoms with van der Waals surface area (Å²) in [4.78, 5) is 15.2. The molecule has 3 aromatic rings. The third kappa shape index (κ3) is 6.23. The van der Waals surface area contributed by atoms with Crippen molar-refractivity contribution in [3.05, 3.63) is 65.0 Å². The van der Waals surface area contributed by atoms with E-state index in [-0.39, 0.29) is 11.6 Å². The van der Waals surface area contributed by atoms with E-state index in [4.69, 9.17) is 16.1 Å². The highest BCUT2D eigenvalue weighted by Gasteiger charge is 2.40. The van der Waals surface area contributed by atoms with Gasteiger partial charge in [-0.05, 0) is 56.2 Å². The van der Waals surface area contributed by atoms with Crippen LogP contribution in [0.25, 0.3) is 11.4 Å². The molecule has 1 aromatic heterocycles. The van der Waals surface area contributed by atoms with Crippen LogP contribution in [0, 0.1) is 6.92 Å². The van der Waals surface area contributed by atoms with E-state index in [9.17, 15) is 18.0 Å². The number of amides is 1. The lowest BCUT2D eigenvalue weighted by molar-refractivity contribution is -0.274. The van der Waals surface area contributed by atoms with Gasteiger partial charge in [-0.3, -0.25) is 4.79 Å². The molecule has 4 rings (SSSR count). The first kappa shape index (κ1) is 23.6. The van der Waals surface area contributed by atoms with Gasteiger partial charge in [-0.25, -0.2) is 0 Å². The molecule has 2 aromatic carbocycles. The lowest BCUT2D eigenvalue weighted by Gasteiger charge is -2.23. The molecule has 10 heteroatoms. The first-order valence-corrected chi connectivity index (χ1v) is 10.2. The molecular formula is C22H21ClF3N3O3. The smallest absolute Gasteiger partial charge is 0.406 e. The lowest BCUT2D eigenvalue weighted by Crippen LogP contribution is -2.39. The predicted molar refractivity (Wildman–Crippen MR) is 112 cm³/mol. The Balaban J connectivity index is 0.000000305. The summed E-state index contributed by atoms with van der Waals surface area (Å²) in [7, 11) is 0. The number of benzene rings is 2. The van der Waals surface area contributed by atoms with Gasteiger partial charge in [0.2, 0.25) is 12.2 Å². The van der Waals surface area contributed by atoms with Gasteiger partial charge in [-0.15, -0.1) is 13.2 Å². The van der Waals surface area contributed by atoms with Crippen molar-refractivity contribution in [3.63, 3.8) is 0 Å². The third-order valence-electron chi connectivity index (χ3n) is 4.98. The second-order valence-electron chi connectivity index (χ2n) is 7.34. The van der Waals surface area contributed by atoms with Crippen LogP contribution in [0.3, 0.4) is 0 Å². The number of carbonyl (C=O) groups is 1. The first-order chi connectivity index (χ1) is 15.2. The van der Waals surface area contributed by atoms with Crippen LogP contribution in [0.5, 0.6) is 5.75 Å². The molecule has 0 radical (unpaired) electrons. The fourth-order valence-corrected chi connectivity index (χ4v) is 3.51. The highest BCUT2D eigenvalue weighted by molar-refractivity contribution is 6.30. The average molecular weight is 468 g/mol. The van der Waals surface area contributed by atoms with Crippen LogP contribution in [0.4, 0.5) is 13.2 Å². The van der Waals surface area contributed by atoms with Crippen molar-refractivity contribution >= 4 is 18.0 Å². The summed E-state index contributed by atoms with van der Waals surface area (Å²) < 4.78 is 45.6. The molecule has 1 aliphatic carbocycles. The molecule has 0 unspecified atom stereocenters. The van der Waals surface area contributed by atoms with Crippen molar-refractivity contribution in [2.45, 2.75) is 44.5 Å². The SMILES string of the molecule is Cc1ccc(Cl)cc1.O=CNC1(c2nc(-c3ccc(OC(F)(F)F)cc3)no2)CCCC1. The maximum Gasteiger partial charge on any atom is 0.573 e.